The minimum atomic E-state index is 0.138. The van der Waals surface area contributed by atoms with Gasteiger partial charge in [0.1, 0.15) is 0 Å². The van der Waals surface area contributed by atoms with Crippen molar-refractivity contribution in [1.82, 2.24) is 20.0 Å². The quantitative estimate of drug-likeness (QED) is 0.807. The maximum atomic E-state index is 4.32. The van der Waals surface area contributed by atoms with Gasteiger partial charge in [-0.3, -0.25) is 4.68 Å². The average molecular weight is 252 g/mol. The van der Waals surface area contributed by atoms with E-state index in [2.05, 4.69) is 56.4 Å². The molecule has 4 nitrogen and oxygen atoms in total. The van der Waals surface area contributed by atoms with Crippen LogP contribution in [0, 0.1) is 0 Å². The highest BCUT2D eigenvalue weighted by molar-refractivity contribution is 5.17. The van der Waals surface area contributed by atoms with E-state index in [4.69, 9.17) is 0 Å². The molecule has 1 N–H and O–H groups in total. The molecule has 0 aliphatic carbocycles. The standard InChI is InChI=1S/C14H28N4/c1-7-14(8-2,17(4)5)13(15-9-3)12-10-16-18(6)11-12/h10-11,13,15H,7-9H2,1-6H3. The van der Waals surface area contributed by atoms with Crippen molar-refractivity contribution in [2.24, 2.45) is 7.05 Å². The zero-order valence-corrected chi connectivity index (χ0v) is 12.7. The van der Waals surface area contributed by atoms with Gasteiger partial charge in [-0.25, -0.2) is 0 Å². The van der Waals surface area contributed by atoms with Crippen LogP contribution < -0.4 is 5.32 Å². The van der Waals surface area contributed by atoms with Crippen LogP contribution in [-0.4, -0.2) is 40.9 Å². The monoisotopic (exact) mass is 252 g/mol. The third-order valence-electron chi connectivity index (χ3n) is 4.12. The van der Waals surface area contributed by atoms with Crippen molar-refractivity contribution >= 4 is 0 Å². The maximum Gasteiger partial charge on any atom is 0.0538 e. The number of likely N-dealkylation sites (N-methyl/N-ethyl adjacent to an activating group) is 2. The minimum Gasteiger partial charge on any atom is -0.309 e. The van der Waals surface area contributed by atoms with Crippen molar-refractivity contribution in [3.05, 3.63) is 18.0 Å². The van der Waals surface area contributed by atoms with E-state index >= 15 is 0 Å². The molecule has 0 saturated heterocycles. The Hall–Kier alpha value is -0.870. The van der Waals surface area contributed by atoms with Gasteiger partial charge in [-0.1, -0.05) is 20.8 Å². The first-order valence-electron chi connectivity index (χ1n) is 6.91. The highest BCUT2D eigenvalue weighted by Crippen LogP contribution is 2.35. The topological polar surface area (TPSA) is 33.1 Å². The fourth-order valence-electron chi connectivity index (χ4n) is 2.96. The molecule has 0 bridgehead atoms. The lowest BCUT2D eigenvalue weighted by Gasteiger charge is -2.45. The molecule has 0 aliphatic heterocycles. The molecular weight excluding hydrogens is 224 g/mol. The Morgan fingerprint density at radius 2 is 1.94 bits per heavy atom. The van der Waals surface area contributed by atoms with Crippen LogP contribution in [0.1, 0.15) is 45.2 Å². The van der Waals surface area contributed by atoms with Crippen molar-refractivity contribution in [2.45, 2.75) is 45.2 Å². The summed E-state index contributed by atoms with van der Waals surface area (Å²) >= 11 is 0. The van der Waals surface area contributed by atoms with Gasteiger partial charge in [0.15, 0.2) is 0 Å². The van der Waals surface area contributed by atoms with Crippen molar-refractivity contribution < 1.29 is 0 Å². The Bertz CT molecular complexity index is 352. The summed E-state index contributed by atoms with van der Waals surface area (Å²) in [5, 5.41) is 7.96. The van der Waals surface area contributed by atoms with Crippen LogP contribution in [0.2, 0.25) is 0 Å². The molecule has 1 heterocycles. The van der Waals surface area contributed by atoms with Crippen LogP contribution in [0.25, 0.3) is 0 Å². The number of hydrogen-bond acceptors (Lipinski definition) is 3. The highest BCUT2D eigenvalue weighted by atomic mass is 15.3. The Balaban J connectivity index is 3.16. The lowest BCUT2D eigenvalue weighted by molar-refractivity contribution is 0.0888. The molecule has 0 aliphatic rings. The highest BCUT2D eigenvalue weighted by Gasteiger charge is 2.38. The molecule has 1 aromatic heterocycles. The van der Waals surface area contributed by atoms with E-state index in [1.807, 2.05) is 17.9 Å². The summed E-state index contributed by atoms with van der Waals surface area (Å²) in [4.78, 5) is 2.35. The number of aryl methyl sites for hydroxylation is 1. The molecule has 1 unspecified atom stereocenters. The number of nitrogens with one attached hydrogen (secondary N) is 1. The normalized spacial score (nSPS) is 14.2. The number of nitrogens with zero attached hydrogens (tertiary/aromatic N) is 3. The minimum absolute atomic E-state index is 0.138. The van der Waals surface area contributed by atoms with Gasteiger partial charge in [-0.2, -0.15) is 5.10 Å². The Kier molecular flexibility index (Phi) is 5.35. The summed E-state index contributed by atoms with van der Waals surface area (Å²) in [6.45, 7) is 7.67. The SMILES string of the molecule is CCNC(c1cnn(C)c1)C(CC)(CC)N(C)C. The third-order valence-corrected chi connectivity index (χ3v) is 4.12. The van der Waals surface area contributed by atoms with Crippen LogP contribution >= 0.6 is 0 Å². The van der Waals surface area contributed by atoms with E-state index in [0.717, 1.165) is 19.4 Å². The molecule has 1 aromatic rings. The first kappa shape index (κ1) is 15.2. The summed E-state index contributed by atoms with van der Waals surface area (Å²) in [5.41, 5.74) is 1.41. The summed E-state index contributed by atoms with van der Waals surface area (Å²) < 4.78 is 1.88. The van der Waals surface area contributed by atoms with Crippen molar-refractivity contribution in [2.75, 3.05) is 20.6 Å². The van der Waals surface area contributed by atoms with E-state index in [1.54, 1.807) is 0 Å². The van der Waals surface area contributed by atoms with E-state index < -0.39 is 0 Å². The number of aromatic nitrogens is 2. The molecule has 0 aromatic carbocycles. The Labute approximate surface area is 111 Å². The summed E-state index contributed by atoms with van der Waals surface area (Å²) in [7, 11) is 6.32. The predicted octanol–water partition coefficient (Wildman–Crippen LogP) is 2.19. The molecule has 1 rings (SSSR count). The molecule has 1 atom stereocenters. The van der Waals surface area contributed by atoms with Crippen molar-refractivity contribution in [3.63, 3.8) is 0 Å². The summed E-state index contributed by atoms with van der Waals surface area (Å²) in [6.07, 6.45) is 6.33. The Morgan fingerprint density at radius 3 is 2.28 bits per heavy atom. The smallest absolute Gasteiger partial charge is 0.0538 e. The number of rotatable bonds is 7. The van der Waals surface area contributed by atoms with E-state index in [-0.39, 0.29) is 5.54 Å². The van der Waals surface area contributed by atoms with Gasteiger partial charge in [0.05, 0.1) is 12.2 Å². The molecular formula is C14H28N4. The fraction of sp³-hybridized carbons (Fsp3) is 0.786. The average Bonchev–Trinajstić information content (AvgIpc) is 2.76. The Morgan fingerprint density at radius 1 is 1.33 bits per heavy atom. The summed E-state index contributed by atoms with van der Waals surface area (Å²) in [5.74, 6) is 0. The fourth-order valence-corrected chi connectivity index (χ4v) is 2.96. The van der Waals surface area contributed by atoms with Crippen LogP contribution in [0.4, 0.5) is 0 Å². The van der Waals surface area contributed by atoms with E-state index in [1.165, 1.54) is 5.56 Å². The molecule has 18 heavy (non-hydrogen) atoms. The van der Waals surface area contributed by atoms with Gasteiger partial charge < -0.3 is 10.2 Å². The molecule has 104 valence electrons. The van der Waals surface area contributed by atoms with Crippen molar-refractivity contribution in [1.29, 1.82) is 0 Å². The zero-order chi connectivity index (χ0) is 13.8. The molecule has 4 heteroatoms. The molecule has 0 fully saturated rings. The molecule has 0 radical (unpaired) electrons. The largest absolute Gasteiger partial charge is 0.309 e. The molecule has 0 spiro atoms. The molecule has 0 amide bonds. The van der Waals surface area contributed by atoms with Gasteiger partial charge in [0.2, 0.25) is 0 Å². The van der Waals surface area contributed by atoms with Gasteiger partial charge in [0, 0.05) is 24.3 Å². The second kappa shape index (κ2) is 6.34. The van der Waals surface area contributed by atoms with Crippen LogP contribution in [0.15, 0.2) is 12.4 Å². The summed E-state index contributed by atoms with van der Waals surface area (Å²) in [6, 6.07) is 0.321. The lowest BCUT2D eigenvalue weighted by Crippen LogP contribution is -2.53. The first-order chi connectivity index (χ1) is 8.51. The van der Waals surface area contributed by atoms with Gasteiger partial charge in [0.25, 0.3) is 0 Å². The first-order valence-corrected chi connectivity index (χ1v) is 6.91. The van der Waals surface area contributed by atoms with Gasteiger partial charge in [-0.15, -0.1) is 0 Å². The lowest BCUT2D eigenvalue weighted by atomic mass is 9.80. The van der Waals surface area contributed by atoms with Crippen LogP contribution in [-0.2, 0) is 7.05 Å². The van der Waals surface area contributed by atoms with Crippen molar-refractivity contribution in [3.8, 4) is 0 Å². The van der Waals surface area contributed by atoms with Crippen LogP contribution in [0.3, 0.4) is 0 Å². The molecule has 0 saturated carbocycles. The van der Waals surface area contributed by atoms with Gasteiger partial charge >= 0.3 is 0 Å². The second-order valence-electron chi connectivity index (χ2n) is 5.14. The number of hydrogen-bond donors (Lipinski definition) is 1. The zero-order valence-electron chi connectivity index (χ0n) is 12.7. The predicted molar refractivity (Wildman–Crippen MR) is 76.6 cm³/mol. The second-order valence-corrected chi connectivity index (χ2v) is 5.14. The van der Waals surface area contributed by atoms with Crippen LogP contribution in [0.5, 0.6) is 0 Å². The maximum absolute atomic E-state index is 4.32. The van der Waals surface area contributed by atoms with E-state index in [9.17, 15) is 0 Å². The third kappa shape index (κ3) is 2.75. The van der Waals surface area contributed by atoms with Gasteiger partial charge in [-0.05, 0) is 33.5 Å². The van der Waals surface area contributed by atoms with E-state index in [0.29, 0.717) is 6.04 Å².